The fourth-order valence-electron chi connectivity index (χ4n) is 1.95. The molecule has 0 fully saturated rings. The van der Waals surface area contributed by atoms with Gasteiger partial charge in [0.1, 0.15) is 0 Å². The second-order valence-corrected chi connectivity index (χ2v) is 5.16. The van der Waals surface area contributed by atoms with Crippen LogP contribution in [0.5, 0.6) is 0 Å². The molecule has 0 aliphatic rings. The van der Waals surface area contributed by atoms with Crippen LogP contribution in [-0.2, 0) is 0 Å². The lowest BCUT2D eigenvalue weighted by Crippen LogP contribution is -2.23. The highest BCUT2D eigenvalue weighted by Crippen LogP contribution is 2.26. The van der Waals surface area contributed by atoms with Crippen molar-refractivity contribution in [1.82, 2.24) is 5.32 Å². The van der Waals surface area contributed by atoms with E-state index in [2.05, 4.69) is 10.6 Å². The molecular formula is C16H18ClN3O. The topological polar surface area (TPSA) is 67.2 Å². The number of aryl methyl sites for hydroxylation is 1. The molecule has 2 aromatic carbocycles. The van der Waals surface area contributed by atoms with Crippen molar-refractivity contribution in [1.29, 1.82) is 0 Å². The van der Waals surface area contributed by atoms with Gasteiger partial charge in [-0.3, -0.25) is 4.79 Å². The molecule has 2 rings (SSSR count). The van der Waals surface area contributed by atoms with Crippen LogP contribution in [0.2, 0.25) is 5.02 Å². The molecule has 4 nitrogen and oxygen atoms in total. The smallest absolute Gasteiger partial charge is 0.253 e. The number of hydrogen-bond donors (Lipinski definition) is 3. The Morgan fingerprint density at radius 1 is 1.24 bits per heavy atom. The van der Waals surface area contributed by atoms with Crippen molar-refractivity contribution >= 4 is 34.6 Å². The van der Waals surface area contributed by atoms with Gasteiger partial charge in [0, 0.05) is 22.9 Å². The van der Waals surface area contributed by atoms with E-state index in [1.807, 2.05) is 32.0 Å². The van der Waals surface area contributed by atoms with Crippen LogP contribution in [0.25, 0.3) is 0 Å². The van der Waals surface area contributed by atoms with Crippen LogP contribution in [0, 0.1) is 6.92 Å². The molecule has 0 atom stereocenters. The van der Waals surface area contributed by atoms with E-state index in [0.717, 1.165) is 11.3 Å². The molecule has 0 aliphatic heterocycles. The first-order chi connectivity index (χ1) is 10.0. The Kier molecular flexibility index (Phi) is 4.70. The maximum Gasteiger partial charge on any atom is 0.253 e. The molecule has 21 heavy (non-hydrogen) atoms. The van der Waals surface area contributed by atoms with Gasteiger partial charge in [-0.05, 0) is 49.7 Å². The van der Waals surface area contributed by atoms with Gasteiger partial charge in [-0.15, -0.1) is 0 Å². The zero-order chi connectivity index (χ0) is 15.4. The summed E-state index contributed by atoms with van der Waals surface area (Å²) in [5.41, 5.74) is 9.40. The minimum absolute atomic E-state index is 0.141. The van der Waals surface area contributed by atoms with E-state index in [9.17, 15) is 4.79 Å². The molecule has 0 radical (unpaired) electrons. The first kappa shape index (κ1) is 15.2. The molecule has 0 bridgehead atoms. The van der Waals surface area contributed by atoms with Gasteiger partial charge < -0.3 is 16.4 Å². The number of amides is 1. The minimum atomic E-state index is -0.141. The summed E-state index contributed by atoms with van der Waals surface area (Å²) in [6.07, 6.45) is 0. The first-order valence-electron chi connectivity index (χ1n) is 6.72. The van der Waals surface area contributed by atoms with Gasteiger partial charge in [-0.2, -0.15) is 0 Å². The van der Waals surface area contributed by atoms with Gasteiger partial charge in [-0.1, -0.05) is 17.7 Å². The SMILES string of the molecule is CCNC(=O)c1ccc(N)cc1Nc1ccc(C)c(Cl)c1. The first-order valence-corrected chi connectivity index (χ1v) is 7.10. The van der Waals surface area contributed by atoms with Crippen LogP contribution < -0.4 is 16.4 Å². The Labute approximate surface area is 129 Å². The predicted octanol–water partition coefficient (Wildman–Crippen LogP) is 3.72. The van der Waals surface area contributed by atoms with Crippen LogP contribution in [-0.4, -0.2) is 12.5 Å². The van der Waals surface area contributed by atoms with Crippen molar-refractivity contribution in [3.8, 4) is 0 Å². The highest BCUT2D eigenvalue weighted by molar-refractivity contribution is 6.31. The van der Waals surface area contributed by atoms with E-state index >= 15 is 0 Å². The van der Waals surface area contributed by atoms with E-state index in [0.29, 0.717) is 28.5 Å². The van der Waals surface area contributed by atoms with Gasteiger partial charge >= 0.3 is 0 Å². The van der Waals surface area contributed by atoms with Crippen molar-refractivity contribution in [3.63, 3.8) is 0 Å². The quantitative estimate of drug-likeness (QED) is 0.754. The van der Waals surface area contributed by atoms with Crippen molar-refractivity contribution in [3.05, 3.63) is 52.5 Å². The number of nitrogens with two attached hydrogens (primary N) is 1. The van der Waals surface area contributed by atoms with E-state index in [1.165, 1.54) is 0 Å². The van der Waals surface area contributed by atoms with E-state index < -0.39 is 0 Å². The van der Waals surface area contributed by atoms with Crippen LogP contribution in [0.3, 0.4) is 0 Å². The lowest BCUT2D eigenvalue weighted by atomic mass is 10.1. The Hall–Kier alpha value is -2.20. The molecule has 0 saturated carbocycles. The summed E-state index contributed by atoms with van der Waals surface area (Å²) < 4.78 is 0. The second kappa shape index (κ2) is 6.50. The minimum Gasteiger partial charge on any atom is -0.399 e. The van der Waals surface area contributed by atoms with Crippen LogP contribution >= 0.6 is 11.6 Å². The van der Waals surface area contributed by atoms with Gasteiger partial charge in [0.25, 0.3) is 5.91 Å². The highest BCUT2D eigenvalue weighted by Gasteiger charge is 2.11. The van der Waals surface area contributed by atoms with E-state index in [4.69, 9.17) is 17.3 Å². The zero-order valence-corrected chi connectivity index (χ0v) is 12.8. The molecule has 0 aromatic heterocycles. The summed E-state index contributed by atoms with van der Waals surface area (Å²) in [7, 11) is 0. The summed E-state index contributed by atoms with van der Waals surface area (Å²) in [5, 5.41) is 6.65. The average molecular weight is 304 g/mol. The summed E-state index contributed by atoms with van der Waals surface area (Å²) in [6, 6.07) is 10.8. The summed E-state index contributed by atoms with van der Waals surface area (Å²) in [6.45, 7) is 4.38. The largest absolute Gasteiger partial charge is 0.399 e. The van der Waals surface area contributed by atoms with E-state index in [-0.39, 0.29) is 5.91 Å². The number of anilines is 3. The molecule has 4 N–H and O–H groups in total. The fraction of sp³-hybridized carbons (Fsp3) is 0.188. The second-order valence-electron chi connectivity index (χ2n) is 4.75. The Morgan fingerprint density at radius 3 is 2.67 bits per heavy atom. The standard InChI is InChI=1S/C16H18ClN3O/c1-3-19-16(21)13-7-5-11(18)8-15(13)20-12-6-4-10(2)14(17)9-12/h4-9,20H,3,18H2,1-2H3,(H,19,21). The molecule has 1 amide bonds. The number of nitrogen functional groups attached to an aromatic ring is 1. The molecule has 5 heteroatoms. The van der Waals surface area contributed by atoms with Gasteiger partial charge in [-0.25, -0.2) is 0 Å². The number of rotatable bonds is 4. The number of hydrogen-bond acceptors (Lipinski definition) is 3. The monoisotopic (exact) mass is 303 g/mol. The van der Waals surface area contributed by atoms with Crippen LogP contribution in [0.4, 0.5) is 17.1 Å². The third kappa shape index (κ3) is 3.67. The van der Waals surface area contributed by atoms with Crippen molar-refractivity contribution in [2.24, 2.45) is 0 Å². The lowest BCUT2D eigenvalue weighted by molar-refractivity contribution is 0.0956. The Morgan fingerprint density at radius 2 is 2.00 bits per heavy atom. The molecule has 0 saturated heterocycles. The summed E-state index contributed by atoms with van der Waals surface area (Å²) in [5.74, 6) is -0.141. The maximum absolute atomic E-state index is 12.1. The summed E-state index contributed by atoms with van der Waals surface area (Å²) in [4.78, 5) is 12.1. The molecule has 0 spiro atoms. The third-order valence-electron chi connectivity index (χ3n) is 3.08. The fourth-order valence-corrected chi connectivity index (χ4v) is 2.13. The van der Waals surface area contributed by atoms with Crippen LogP contribution in [0.15, 0.2) is 36.4 Å². The lowest BCUT2D eigenvalue weighted by Gasteiger charge is -2.13. The highest BCUT2D eigenvalue weighted by atomic mass is 35.5. The molecule has 0 heterocycles. The van der Waals surface area contributed by atoms with E-state index in [1.54, 1.807) is 18.2 Å². The normalized spacial score (nSPS) is 10.2. The maximum atomic E-state index is 12.1. The third-order valence-corrected chi connectivity index (χ3v) is 3.48. The predicted molar refractivity (Wildman–Crippen MR) is 88.3 cm³/mol. The van der Waals surface area contributed by atoms with Crippen molar-refractivity contribution in [2.45, 2.75) is 13.8 Å². The molecule has 0 unspecified atom stereocenters. The molecular weight excluding hydrogens is 286 g/mol. The number of carbonyl (C=O) groups excluding carboxylic acids is 1. The number of nitrogens with one attached hydrogen (secondary N) is 2. The average Bonchev–Trinajstić information content (AvgIpc) is 2.43. The zero-order valence-electron chi connectivity index (χ0n) is 12.0. The number of benzene rings is 2. The van der Waals surface area contributed by atoms with Crippen molar-refractivity contribution in [2.75, 3.05) is 17.6 Å². The van der Waals surface area contributed by atoms with Gasteiger partial charge in [0.05, 0.1) is 11.3 Å². The van der Waals surface area contributed by atoms with Crippen LogP contribution in [0.1, 0.15) is 22.8 Å². The Balaban J connectivity index is 2.35. The molecule has 2 aromatic rings. The summed E-state index contributed by atoms with van der Waals surface area (Å²) >= 11 is 6.12. The van der Waals surface area contributed by atoms with Gasteiger partial charge in [0.15, 0.2) is 0 Å². The van der Waals surface area contributed by atoms with Crippen molar-refractivity contribution < 1.29 is 4.79 Å². The Bertz CT molecular complexity index is 671. The molecule has 110 valence electrons. The molecule has 0 aliphatic carbocycles. The number of halogens is 1. The number of carbonyl (C=O) groups is 1. The van der Waals surface area contributed by atoms with Gasteiger partial charge in [0.2, 0.25) is 0 Å².